The molecular weight excluding hydrogens is 472 g/mol. The van der Waals surface area contributed by atoms with E-state index in [1.54, 1.807) is 0 Å². The molecule has 0 saturated carbocycles. The van der Waals surface area contributed by atoms with Crippen LogP contribution in [0.3, 0.4) is 0 Å². The number of carbonyl (C=O) groups excluding carboxylic acids is 4. The molecule has 0 aromatic heterocycles. The zero-order chi connectivity index (χ0) is 26.3. The lowest BCUT2D eigenvalue weighted by Crippen LogP contribution is -2.57. The highest BCUT2D eigenvalue weighted by molar-refractivity contribution is 7.80. The Morgan fingerprint density at radius 1 is 0.765 bits per heavy atom. The van der Waals surface area contributed by atoms with Crippen LogP contribution >= 0.6 is 12.6 Å². The number of amides is 4. The van der Waals surface area contributed by atoms with Crippen molar-refractivity contribution in [2.75, 3.05) is 12.3 Å². The van der Waals surface area contributed by atoms with Crippen molar-refractivity contribution >= 4 is 48.2 Å². The molecule has 14 nitrogen and oxygen atoms in total. The van der Waals surface area contributed by atoms with E-state index < -0.39 is 66.2 Å². The first-order valence-electron chi connectivity index (χ1n) is 10.6. The summed E-state index contributed by atoms with van der Waals surface area (Å²) in [5.41, 5.74) is 16.2. The van der Waals surface area contributed by atoms with Gasteiger partial charge in [-0.05, 0) is 32.2 Å². The van der Waals surface area contributed by atoms with Crippen molar-refractivity contribution in [1.29, 1.82) is 0 Å². The normalized spacial score (nSPS) is 14.2. The molecule has 0 heterocycles. The van der Waals surface area contributed by atoms with Gasteiger partial charge < -0.3 is 43.4 Å². The van der Waals surface area contributed by atoms with Crippen LogP contribution in [-0.2, 0) is 28.8 Å². The van der Waals surface area contributed by atoms with Gasteiger partial charge in [0, 0.05) is 18.6 Å². The smallest absolute Gasteiger partial charge is 0.326 e. The van der Waals surface area contributed by atoms with Crippen LogP contribution in [0.1, 0.15) is 44.9 Å². The number of carboxylic acid groups (broad SMARTS) is 2. The van der Waals surface area contributed by atoms with E-state index in [1.165, 1.54) is 0 Å². The van der Waals surface area contributed by atoms with Crippen molar-refractivity contribution in [3.8, 4) is 0 Å². The minimum atomic E-state index is -1.44. The maximum atomic E-state index is 12.7. The minimum Gasteiger partial charge on any atom is -0.481 e. The van der Waals surface area contributed by atoms with Crippen molar-refractivity contribution in [3.63, 3.8) is 0 Å². The maximum Gasteiger partial charge on any atom is 0.326 e. The van der Waals surface area contributed by atoms with Crippen molar-refractivity contribution in [1.82, 2.24) is 16.0 Å². The number of nitrogens with one attached hydrogen (secondary N) is 3. The average Bonchev–Trinajstić information content (AvgIpc) is 2.76. The number of carboxylic acids is 2. The van der Waals surface area contributed by atoms with E-state index in [0.29, 0.717) is 25.8 Å². The van der Waals surface area contributed by atoms with Crippen molar-refractivity contribution < 1.29 is 39.0 Å². The largest absolute Gasteiger partial charge is 0.481 e. The molecule has 4 unspecified atom stereocenters. The summed E-state index contributed by atoms with van der Waals surface area (Å²) in [5, 5.41) is 25.0. The predicted octanol–water partition coefficient (Wildman–Crippen LogP) is -2.96. The van der Waals surface area contributed by atoms with E-state index in [-0.39, 0.29) is 25.0 Å². The monoisotopic (exact) mass is 506 g/mol. The quantitative estimate of drug-likeness (QED) is 0.0674. The summed E-state index contributed by atoms with van der Waals surface area (Å²) in [6.07, 6.45) is 0.262. The fourth-order valence-corrected chi connectivity index (χ4v) is 2.99. The van der Waals surface area contributed by atoms with Crippen molar-refractivity contribution in [2.24, 2.45) is 17.2 Å². The van der Waals surface area contributed by atoms with Crippen molar-refractivity contribution in [3.05, 3.63) is 0 Å². The second-order valence-electron chi connectivity index (χ2n) is 7.53. The van der Waals surface area contributed by atoms with Crippen LogP contribution in [0.25, 0.3) is 0 Å². The molecule has 11 N–H and O–H groups in total. The zero-order valence-corrected chi connectivity index (χ0v) is 19.6. The SMILES string of the molecule is NCCCCC(N)C(=O)NC(CCC(=O)O)C(=O)NC(CS)C(=O)NC(CCC(N)=O)C(=O)O. The lowest BCUT2D eigenvalue weighted by atomic mass is 10.1. The van der Waals surface area contributed by atoms with Gasteiger partial charge in [0.2, 0.25) is 23.6 Å². The summed E-state index contributed by atoms with van der Waals surface area (Å²) >= 11 is 3.98. The number of aliphatic carboxylic acids is 2. The number of unbranched alkanes of at least 4 members (excludes halogenated alkanes) is 1. The van der Waals surface area contributed by atoms with Crippen LogP contribution in [0.2, 0.25) is 0 Å². The third-order valence-electron chi connectivity index (χ3n) is 4.70. The number of rotatable bonds is 18. The van der Waals surface area contributed by atoms with Crippen LogP contribution in [0, 0.1) is 0 Å². The Kier molecular flexibility index (Phi) is 15.2. The Labute approximate surface area is 202 Å². The molecule has 0 fully saturated rings. The summed E-state index contributed by atoms with van der Waals surface area (Å²) in [7, 11) is 0. The third kappa shape index (κ3) is 13.0. The summed E-state index contributed by atoms with van der Waals surface area (Å²) < 4.78 is 0. The number of nitrogens with two attached hydrogens (primary N) is 3. The first kappa shape index (κ1) is 31.1. The molecule has 0 aromatic carbocycles. The Hall–Kier alpha value is -2.91. The van der Waals surface area contributed by atoms with Gasteiger partial charge in [-0.15, -0.1) is 0 Å². The van der Waals surface area contributed by atoms with Gasteiger partial charge in [-0.1, -0.05) is 6.42 Å². The Bertz CT molecular complexity index is 738. The minimum absolute atomic E-state index is 0.238. The fourth-order valence-electron chi connectivity index (χ4n) is 2.74. The Morgan fingerprint density at radius 3 is 1.79 bits per heavy atom. The molecule has 0 bridgehead atoms. The molecule has 15 heteroatoms. The van der Waals surface area contributed by atoms with Gasteiger partial charge >= 0.3 is 11.9 Å². The standard InChI is InChI=1S/C19H34N6O8S/c20-8-2-1-3-10(21)16(29)23-11(5-7-15(27)28)17(30)25-13(9-34)18(31)24-12(19(32)33)4-6-14(22)26/h10-13,34H,1-9,20-21H2,(H2,22,26)(H,23,29)(H,24,31)(H,25,30)(H,27,28)(H,32,33). The summed E-state index contributed by atoms with van der Waals surface area (Å²) in [6, 6.07) is -5.01. The van der Waals surface area contributed by atoms with Gasteiger partial charge in [0.25, 0.3) is 0 Å². The molecule has 0 aromatic rings. The van der Waals surface area contributed by atoms with E-state index in [9.17, 15) is 33.9 Å². The molecule has 0 aliphatic rings. The molecule has 0 spiro atoms. The molecule has 0 aliphatic carbocycles. The van der Waals surface area contributed by atoms with E-state index in [1.807, 2.05) is 0 Å². The maximum absolute atomic E-state index is 12.7. The molecular formula is C19H34N6O8S. The molecule has 4 atom stereocenters. The van der Waals surface area contributed by atoms with E-state index in [4.69, 9.17) is 22.3 Å². The Morgan fingerprint density at radius 2 is 1.29 bits per heavy atom. The van der Waals surface area contributed by atoms with E-state index >= 15 is 0 Å². The van der Waals surface area contributed by atoms with Gasteiger partial charge in [0.1, 0.15) is 18.1 Å². The lowest BCUT2D eigenvalue weighted by molar-refractivity contribution is -0.142. The third-order valence-corrected chi connectivity index (χ3v) is 5.06. The van der Waals surface area contributed by atoms with Crippen LogP contribution < -0.4 is 33.2 Å². The van der Waals surface area contributed by atoms with Gasteiger partial charge in [-0.2, -0.15) is 12.6 Å². The van der Waals surface area contributed by atoms with Crippen LogP contribution in [0.4, 0.5) is 0 Å². The second kappa shape index (κ2) is 16.7. The van der Waals surface area contributed by atoms with Gasteiger partial charge in [0.15, 0.2) is 0 Å². The first-order valence-corrected chi connectivity index (χ1v) is 11.3. The van der Waals surface area contributed by atoms with Gasteiger partial charge in [0.05, 0.1) is 6.04 Å². The van der Waals surface area contributed by atoms with Crippen LogP contribution in [0.15, 0.2) is 0 Å². The fraction of sp³-hybridized carbons (Fsp3) is 0.684. The molecule has 0 saturated heterocycles. The first-order chi connectivity index (χ1) is 15.9. The van der Waals surface area contributed by atoms with Gasteiger partial charge in [-0.3, -0.25) is 24.0 Å². The summed E-state index contributed by atoms with van der Waals surface area (Å²) in [5.74, 6) is -6.05. The van der Waals surface area contributed by atoms with E-state index in [2.05, 4.69) is 28.6 Å². The molecule has 194 valence electrons. The number of hydrogen-bond donors (Lipinski definition) is 9. The number of primary amides is 1. The Balaban J connectivity index is 5.24. The highest BCUT2D eigenvalue weighted by atomic mass is 32.1. The zero-order valence-electron chi connectivity index (χ0n) is 18.7. The molecule has 0 rings (SSSR count). The summed E-state index contributed by atoms with van der Waals surface area (Å²) in [4.78, 5) is 70.7. The highest BCUT2D eigenvalue weighted by Crippen LogP contribution is 2.04. The average molecular weight is 507 g/mol. The number of hydrogen-bond acceptors (Lipinski definition) is 9. The summed E-state index contributed by atoms with van der Waals surface area (Å²) in [6.45, 7) is 0.427. The second-order valence-corrected chi connectivity index (χ2v) is 7.90. The van der Waals surface area contributed by atoms with Crippen LogP contribution in [-0.4, -0.2) is 82.2 Å². The lowest BCUT2D eigenvalue weighted by Gasteiger charge is -2.24. The number of carbonyl (C=O) groups is 6. The van der Waals surface area contributed by atoms with Gasteiger partial charge in [-0.25, -0.2) is 4.79 Å². The van der Waals surface area contributed by atoms with E-state index in [0.717, 1.165) is 0 Å². The van der Waals surface area contributed by atoms with Crippen LogP contribution in [0.5, 0.6) is 0 Å². The topological polar surface area (TPSA) is 257 Å². The number of thiol groups is 1. The molecule has 34 heavy (non-hydrogen) atoms. The predicted molar refractivity (Wildman–Crippen MR) is 123 cm³/mol. The van der Waals surface area contributed by atoms with Crippen molar-refractivity contribution in [2.45, 2.75) is 69.1 Å². The molecule has 4 amide bonds. The molecule has 0 radical (unpaired) electrons. The highest BCUT2D eigenvalue weighted by Gasteiger charge is 2.30. The molecule has 0 aliphatic heterocycles.